The summed E-state index contributed by atoms with van der Waals surface area (Å²) >= 11 is 6.03. The number of nitriles is 1. The Morgan fingerprint density at radius 2 is 2.00 bits per heavy atom. The first-order chi connectivity index (χ1) is 14.5. The van der Waals surface area contributed by atoms with Crippen molar-refractivity contribution < 1.29 is 23.8 Å². The Hall–Kier alpha value is -3.69. The summed E-state index contributed by atoms with van der Waals surface area (Å²) in [4.78, 5) is 10.9. The maximum Gasteiger partial charge on any atom is 0.371 e. The van der Waals surface area contributed by atoms with Crippen LogP contribution in [0.1, 0.15) is 34.4 Å². The van der Waals surface area contributed by atoms with Crippen molar-refractivity contribution in [3.8, 4) is 17.6 Å². The highest BCUT2D eigenvalue weighted by Crippen LogP contribution is 2.31. The van der Waals surface area contributed by atoms with Crippen LogP contribution in [0.2, 0.25) is 5.02 Å². The fourth-order valence-electron chi connectivity index (χ4n) is 2.72. The van der Waals surface area contributed by atoms with Crippen molar-refractivity contribution in [1.29, 1.82) is 5.26 Å². The minimum Gasteiger partial charge on any atom is -0.490 e. The topological polar surface area (TPSA) is 92.7 Å². The molecule has 0 amide bonds. The lowest BCUT2D eigenvalue weighted by molar-refractivity contribution is 0.0658. The molecule has 0 aliphatic carbocycles. The smallest absolute Gasteiger partial charge is 0.371 e. The summed E-state index contributed by atoms with van der Waals surface area (Å²) in [6, 6.07) is 17.5. The van der Waals surface area contributed by atoms with Gasteiger partial charge >= 0.3 is 5.97 Å². The highest BCUT2D eigenvalue weighted by molar-refractivity contribution is 6.30. The number of halogens is 1. The largest absolute Gasteiger partial charge is 0.490 e. The van der Waals surface area contributed by atoms with Gasteiger partial charge in [0.2, 0.25) is 5.76 Å². The number of hydrogen-bond acceptors (Lipinski definition) is 5. The van der Waals surface area contributed by atoms with Crippen LogP contribution in [0.15, 0.2) is 59.0 Å². The lowest BCUT2D eigenvalue weighted by Gasteiger charge is -2.12. The standard InChI is InChI=1S/C23H18ClNO5/c1-2-28-22-11-15(10-17(13-25)16-4-3-5-18(24)12-16)6-8-20(22)29-14-19-7-9-21(30-19)23(26)27/h3-12H,2,14H2,1H3,(H,26,27)/b17-10+. The molecule has 1 N–H and O–H groups in total. The van der Waals surface area contributed by atoms with E-state index in [1.54, 1.807) is 48.5 Å². The van der Waals surface area contributed by atoms with Crippen LogP contribution in [0.5, 0.6) is 11.5 Å². The summed E-state index contributed by atoms with van der Waals surface area (Å²) in [5, 5.41) is 19.0. The van der Waals surface area contributed by atoms with Crippen LogP contribution in [-0.2, 0) is 6.61 Å². The number of rotatable bonds is 8. The van der Waals surface area contributed by atoms with Crippen molar-refractivity contribution in [3.63, 3.8) is 0 Å². The van der Waals surface area contributed by atoms with Crippen LogP contribution >= 0.6 is 11.6 Å². The normalized spacial score (nSPS) is 11.0. The van der Waals surface area contributed by atoms with E-state index in [1.165, 1.54) is 6.07 Å². The zero-order valence-electron chi connectivity index (χ0n) is 16.1. The van der Waals surface area contributed by atoms with Gasteiger partial charge in [-0.2, -0.15) is 5.26 Å². The average Bonchev–Trinajstić information content (AvgIpc) is 3.21. The number of carboxylic acids is 1. The lowest BCUT2D eigenvalue weighted by Crippen LogP contribution is -1.99. The predicted molar refractivity (Wildman–Crippen MR) is 113 cm³/mol. The molecule has 0 saturated heterocycles. The molecule has 0 atom stereocenters. The third kappa shape index (κ3) is 5.22. The van der Waals surface area contributed by atoms with Crippen LogP contribution in [0.3, 0.4) is 0 Å². The molecule has 0 fully saturated rings. The first kappa shape index (κ1) is 21.0. The molecule has 0 spiro atoms. The number of aromatic carboxylic acids is 1. The number of carbonyl (C=O) groups is 1. The Morgan fingerprint density at radius 1 is 1.17 bits per heavy atom. The van der Waals surface area contributed by atoms with Gasteiger partial charge in [0.15, 0.2) is 11.5 Å². The van der Waals surface area contributed by atoms with Crippen LogP contribution in [0.25, 0.3) is 11.6 Å². The highest BCUT2D eigenvalue weighted by Gasteiger charge is 2.12. The molecular weight excluding hydrogens is 406 g/mol. The van der Waals surface area contributed by atoms with Gasteiger partial charge in [-0.15, -0.1) is 0 Å². The van der Waals surface area contributed by atoms with E-state index in [1.807, 2.05) is 13.0 Å². The molecule has 3 rings (SSSR count). The molecule has 0 saturated carbocycles. The number of allylic oxidation sites excluding steroid dienone is 1. The third-order valence-corrected chi connectivity index (χ3v) is 4.31. The van der Waals surface area contributed by atoms with Gasteiger partial charge < -0.3 is 19.0 Å². The van der Waals surface area contributed by atoms with E-state index in [9.17, 15) is 10.1 Å². The van der Waals surface area contributed by atoms with Gasteiger partial charge in [0.25, 0.3) is 0 Å². The molecule has 0 bridgehead atoms. The summed E-state index contributed by atoms with van der Waals surface area (Å²) < 4.78 is 16.6. The van der Waals surface area contributed by atoms with E-state index in [2.05, 4.69) is 6.07 Å². The second-order valence-electron chi connectivity index (χ2n) is 6.18. The maximum absolute atomic E-state index is 10.9. The number of furan rings is 1. The molecule has 7 heteroatoms. The minimum atomic E-state index is -1.14. The van der Waals surface area contributed by atoms with Crippen LogP contribution in [0, 0.1) is 11.3 Å². The predicted octanol–water partition coefficient (Wildman–Crippen LogP) is 5.67. The van der Waals surface area contributed by atoms with Crippen molar-refractivity contribution >= 4 is 29.2 Å². The van der Waals surface area contributed by atoms with Crippen molar-refractivity contribution in [2.45, 2.75) is 13.5 Å². The van der Waals surface area contributed by atoms with Crippen LogP contribution in [0.4, 0.5) is 0 Å². The number of carboxylic acid groups (broad SMARTS) is 1. The molecule has 152 valence electrons. The molecular formula is C23H18ClNO5. The lowest BCUT2D eigenvalue weighted by atomic mass is 10.0. The number of ether oxygens (including phenoxy) is 2. The molecule has 0 unspecified atom stereocenters. The maximum atomic E-state index is 10.9. The molecule has 0 aliphatic heterocycles. The first-order valence-corrected chi connectivity index (χ1v) is 9.47. The van der Waals surface area contributed by atoms with Gasteiger partial charge in [-0.05, 0) is 60.5 Å². The number of hydrogen-bond donors (Lipinski definition) is 1. The fraction of sp³-hybridized carbons (Fsp3) is 0.130. The third-order valence-electron chi connectivity index (χ3n) is 4.08. The Bertz CT molecular complexity index is 1130. The molecule has 6 nitrogen and oxygen atoms in total. The molecule has 30 heavy (non-hydrogen) atoms. The van der Waals surface area contributed by atoms with E-state index < -0.39 is 5.97 Å². The summed E-state index contributed by atoms with van der Waals surface area (Å²) in [6.07, 6.45) is 1.74. The Labute approximate surface area is 178 Å². The average molecular weight is 424 g/mol. The molecule has 0 aliphatic rings. The molecule has 0 radical (unpaired) electrons. The summed E-state index contributed by atoms with van der Waals surface area (Å²) in [5.74, 6) is 0.0688. The SMILES string of the molecule is CCOc1cc(/C=C(\C#N)c2cccc(Cl)c2)ccc1OCc1ccc(C(=O)O)o1. The van der Waals surface area contributed by atoms with E-state index >= 15 is 0 Å². The van der Waals surface area contributed by atoms with Gasteiger partial charge in [-0.1, -0.05) is 29.8 Å². The van der Waals surface area contributed by atoms with Gasteiger partial charge in [0, 0.05) is 5.02 Å². The van der Waals surface area contributed by atoms with Gasteiger partial charge in [-0.3, -0.25) is 0 Å². The molecule has 1 aromatic heterocycles. The van der Waals surface area contributed by atoms with Crippen molar-refractivity contribution in [3.05, 3.63) is 82.3 Å². The van der Waals surface area contributed by atoms with Crippen molar-refractivity contribution in [2.75, 3.05) is 6.61 Å². The second kappa shape index (κ2) is 9.68. The van der Waals surface area contributed by atoms with Gasteiger partial charge in [0.05, 0.1) is 18.2 Å². The highest BCUT2D eigenvalue weighted by atomic mass is 35.5. The Balaban J connectivity index is 1.83. The zero-order valence-corrected chi connectivity index (χ0v) is 16.8. The number of benzene rings is 2. The molecule has 2 aromatic carbocycles. The Morgan fingerprint density at radius 3 is 2.67 bits per heavy atom. The summed E-state index contributed by atoms with van der Waals surface area (Å²) in [6.45, 7) is 2.33. The van der Waals surface area contributed by atoms with E-state index in [0.29, 0.717) is 34.5 Å². The van der Waals surface area contributed by atoms with Crippen LogP contribution < -0.4 is 9.47 Å². The summed E-state index contributed by atoms with van der Waals surface area (Å²) in [5.41, 5.74) is 1.94. The van der Waals surface area contributed by atoms with Gasteiger partial charge in [0.1, 0.15) is 12.4 Å². The van der Waals surface area contributed by atoms with Crippen molar-refractivity contribution in [1.82, 2.24) is 0 Å². The fourth-order valence-corrected chi connectivity index (χ4v) is 2.91. The van der Waals surface area contributed by atoms with Crippen LogP contribution in [-0.4, -0.2) is 17.7 Å². The Kier molecular flexibility index (Phi) is 6.79. The van der Waals surface area contributed by atoms with Gasteiger partial charge in [-0.25, -0.2) is 4.79 Å². The number of nitrogens with zero attached hydrogens (tertiary/aromatic N) is 1. The van der Waals surface area contributed by atoms with Crippen molar-refractivity contribution in [2.24, 2.45) is 0 Å². The van der Waals surface area contributed by atoms with E-state index in [0.717, 1.165) is 11.1 Å². The van der Waals surface area contributed by atoms with E-state index in [4.69, 9.17) is 30.6 Å². The zero-order chi connectivity index (χ0) is 21.5. The summed E-state index contributed by atoms with van der Waals surface area (Å²) in [7, 11) is 0. The quantitative estimate of drug-likeness (QED) is 0.370. The first-order valence-electron chi connectivity index (χ1n) is 9.09. The second-order valence-corrected chi connectivity index (χ2v) is 6.62. The molecule has 1 heterocycles. The monoisotopic (exact) mass is 423 g/mol. The minimum absolute atomic E-state index is 0.0501. The van der Waals surface area contributed by atoms with E-state index in [-0.39, 0.29) is 12.4 Å². The molecule has 3 aromatic rings.